The molecule has 112 valence electrons. The Kier molecular flexibility index (Phi) is 3.70. The van der Waals surface area contributed by atoms with Gasteiger partial charge in [0.15, 0.2) is 0 Å². The predicted octanol–water partition coefficient (Wildman–Crippen LogP) is 2.61. The van der Waals surface area contributed by atoms with Crippen molar-refractivity contribution in [1.29, 1.82) is 0 Å². The van der Waals surface area contributed by atoms with Crippen LogP contribution in [0.2, 0.25) is 0 Å². The number of anilines is 1. The molecule has 1 unspecified atom stereocenters. The van der Waals surface area contributed by atoms with E-state index in [9.17, 15) is 9.59 Å². The van der Waals surface area contributed by atoms with Crippen molar-refractivity contribution in [1.82, 2.24) is 4.90 Å². The minimum absolute atomic E-state index is 0.0671. The van der Waals surface area contributed by atoms with Gasteiger partial charge in [-0.1, -0.05) is 0 Å². The van der Waals surface area contributed by atoms with Crippen LogP contribution >= 0.6 is 0 Å². The molecule has 1 aromatic carbocycles. The highest BCUT2D eigenvalue weighted by Crippen LogP contribution is 2.30. The smallest absolute Gasteiger partial charge is 0.254 e. The number of hydrogen-bond donors (Lipinski definition) is 0. The fraction of sp³-hybridized carbons (Fsp3) is 0.529. The number of carbonyl (C=O) groups is 2. The quantitative estimate of drug-likeness (QED) is 0.796. The van der Waals surface area contributed by atoms with Crippen LogP contribution in [-0.2, 0) is 11.2 Å². The van der Waals surface area contributed by atoms with Crippen LogP contribution in [-0.4, -0.2) is 35.8 Å². The standard InChI is InChI=1S/C17H22N2O2/c1-12-5-3-4-9-18(12)17(21)15-6-7-16-14(11-15)8-10-19(16)13(2)20/h6-7,11-12H,3-5,8-10H2,1-2H3. The highest BCUT2D eigenvalue weighted by Gasteiger charge is 2.27. The molecule has 2 aliphatic rings. The lowest BCUT2D eigenvalue weighted by molar-refractivity contribution is -0.116. The second kappa shape index (κ2) is 5.51. The van der Waals surface area contributed by atoms with Crippen molar-refractivity contribution in [3.8, 4) is 0 Å². The van der Waals surface area contributed by atoms with Gasteiger partial charge in [0.05, 0.1) is 0 Å². The van der Waals surface area contributed by atoms with Crippen molar-refractivity contribution in [2.45, 2.75) is 45.6 Å². The predicted molar refractivity (Wildman–Crippen MR) is 82.5 cm³/mol. The molecule has 21 heavy (non-hydrogen) atoms. The van der Waals surface area contributed by atoms with Gasteiger partial charge in [-0.05, 0) is 56.4 Å². The monoisotopic (exact) mass is 286 g/mol. The van der Waals surface area contributed by atoms with E-state index in [4.69, 9.17) is 0 Å². The van der Waals surface area contributed by atoms with Crippen LogP contribution in [0.15, 0.2) is 18.2 Å². The summed E-state index contributed by atoms with van der Waals surface area (Å²) in [6.45, 7) is 5.30. The molecule has 1 atom stereocenters. The SMILES string of the molecule is CC(=O)N1CCc2cc(C(=O)N3CCCCC3C)ccc21. The zero-order valence-electron chi connectivity index (χ0n) is 12.8. The van der Waals surface area contributed by atoms with Crippen molar-refractivity contribution in [2.75, 3.05) is 18.0 Å². The first-order chi connectivity index (χ1) is 10.1. The lowest BCUT2D eigenvalue weighted by Gasteiger charge is -2.33. The minimum atomic E-state index is 0.0671. The van der Waals surface area contributed by atoms with Gasteiger partial charge >= 0.3 is 0 Å². The Morgan fingerprint density at radius 2 is 2.00 bits per heavy atom. The van der Waals surface area contributed by atoms with Gasteiger partial charge in [-0.3, -0.25) is 9.59 Å². The number of hydrogen-bond acceptors (Lipinski definition) is 2. The molecular weight excluding hydrogens is 264 g/mol. The Morgan fingerprint density at radius 3 is 2.71 bits per heavy atom. The van der Waals surface area contributed by atoms with E-state index in [1.54, 1.807) is 11.8 Å². The summed E-state index contributed by atoms with van der Waals surface area (Å²) in [5.74, 6) is 0.198. The van der Waals surface area contributed by atoms with Crippen molar-refractivity contribution in [2.24, 2.45) is 0 Å². The van der Waals surface area contributed by atoms with Gasteiger partial charge in [0, 0.05) is 37.3 Å². The van der Waals surface area contributed by atoms with Gasteiger partial charge in [-0.2, -0.15) is 0 Å². The Bertz CT molecular complexity index is 582. The van der Waals surface area contributed by atoms with Gasteiger partial charge in [0.1, 0.15) is 0 Å². The number of benzene rings is 1. The summed E-state index contributed by atoms with van der Waals surface area (Å²) in [5, 5.41) is 0. The summed E-state index contributed by atoms with van der Waals surface area (Å²) in [6.07, 6.45) is 4.24. The molecule has 3 rings (SSSR count). The molecule has 0 spiro atoms. The molecule has 1 fully saturated rings. The minimum Gasteiger partial charge on any atom is -0.336 e. The molecule has 2 heterocycles. The van der Waals surface area contributed by atoms with Crippen LogP contribution in [0.3, 0.4) is 0 Å². The highest BCUT2D eigenvalue weighted by atomic mass is 16.2. The third-order valence-electron chi connectivity index (χ3n) is 4.67. The van der Waals surface area contributed by atoms with Crippen molar-refractivity contribution < 1.29 is 9.59 Å². The second-order valence-corrected chi connectivity index (χ2v) is 6.11. The summed E-state index contributed by atoms with van der Waals surface area (Å²) < 4.78 is 0. The van der Waals surface area contributed by atoms with E-state index in [0.29, 0.717) is 6.04 Å². The zero-order chi connectivity index (χ0) is 15.0. The number of carbonyl (C=O) groups excluding carboxylic acids is 2. The van der Waals surface area contributed by atoms with Crippen LogP contribution in [0.1, 0.15) is 49.0 Å². The van der Waals surface area contributed by atoms with Crippen molar-refractivity contribution in [3.05, 3.63) is 29.3 Å². The highest BCUT2D eigenvalue weighted by molar-refractivity contribution is 5.98. The Balaban J connectivity index is 1.84. The third-order valence-corrected chi connectivity index (χ3v) is 4.67. The van der Waals surface area contributed by atoms with Crippen LogP contribution in [0, 0.1) is 0 Å². The van der Waals surface area contributed by atoms with E-state index >= 15 is 0 Å². The number of amides is 2. The number of nitrogens with zero attached hydrogens (tertiary/aromatic N) is 2. The molecule has 0 N–H and O–H groups in total. The van der Waals surface area contributed by atoms with Crippen molar-refractivity contribution in [3.63, 3.8) is 0 Å². The fourth-order valence-corrected chi connectivity index (χ4v) is 3.43. The van der Waals surface area contributed by atoms with Crippen LogP contribution in [0.4, 0.5) is 5.69 Å². The summed E-state index contributed by atoms with van der Waals surface area (Å²) in [7, 11) is 0. The Morgan fingerprint density at radius 1 is 1.19 bits per heavy atom. The molecule has 4 nitrogen and oxygen atoms in total. The molecule has 1 aromatic rings. The molecule has 1 saturated heterocycles. The summed E-state index contributed by atoms with van der Waals surface area (Å²) >= 11 is 0. The average Bonchev–Trinajstić information content (AvgIpc) is 2.90. The largest absolute Gasteiger partial charge is 0.336 e. The second-order valence-electron chi connectivity index (χ2n) is 6.11. The third kappa shape index (κ3) is 2.55. The van der Waals surface area contributed by atoms with Gasteiger partial charge in [-0.15, -0.1) is 0 Å². The normalized spacial score (nSPS) is 21.3. The summed E-state index contributed by atoms with van der Waals surface area (Å²) in [5.41, 5.74) is 2.83. The maximum atomic E-state index is 12.7. The first-order valence-corrected chi connectivity index (χ1v) is 7.80. The first-order valence-electron chi connectivity index (χ1n) is 7.80. The molecule has 0 aliphatic carbocycles. The summed E-state index contributed by atoms with van der Waals surface area (Å²) in [4.78, 5) is 28.0. The van der Waals surface area contributed by atoms with Gasteiger partial charge in [-0.25, -0.2) is 0 Å². The van der Waals surface area contributed by atoms with Crippen LogP contribution < -0.4 is 4.90 Å². The van der Waals surface area contributed by atoms with E-state index in [-0.39, 0.29) is 11.8 Å². The topological polar surface area (TPSA) is 40.6 Å². The molecule has 0 bridgehead atoms. The molecule has 0 radical (unpaired) electrons. The molecule has 0 aromatic heterocycles. The van der Waals surface area contributed by atoms with E-state index in [0.717, 1.165) is 49.2 Å². The lowest BCUT2D eigenvalue weighted by atomic mass is 10.0. The van der Waals surface area contributed by atoms with Gasteiger partial charge < -0.3 is 9.80 Å². The number of likely N-dealkylation sites (tertiary alicyclic amines) is 1. The van der Waals surface area contributed by atoms with E-state index in [1.165, 1.54) is 6.42 Å². The molecular formula is C17H22N2O2. The molecule has 0 saturated carbocycles. The van der Waals surface area contributed by atoms with E-state index in [2.05, 4.69) is 6.92 Å². The van der Waals surface area contributed by atoms with E-state index < -0.39 is 0 Å². The Hall–Kier alpha value is -1.84. The zero-order valence-corrected chi connectivity index (χ0v) is 12.8. The number of rotatable bonds is 1. The Labute approximate surface area is 125 Å². The maximum absolute atomic E-state index is 12.7. The maximum Gasteiger partial charge on any atom is 0.254 e. The lowest BCUT2D eigenvalue weighted by Crippen LogP contribution is -2.42. The van der Waals surface area contributed by atoms with Gasteiger partial charge in [0.2, 0.25) is 5.91 Å². The van der Waals surface area contributed by atoms with Crippen molar-refractivity contribution >= 4 is 17.5 Å². The number of piperidine rings is 1. The van der Waals surface area contributed by atoms with Gasteiger partial charge in [0.25, 0.3) is 5.91 Å². The summed E-state index contributed by atoms with van der Waals surface area (Å²) in [6, 6.07) is 6.09. The van der Waals surface area contributed by atoms with Crippen LogP contribution in [0.5, 0.6) is 0 Å². The fourth-order valence-electron chi connectivity index (χ4n) is 3.43. The first kappa shape index (κ1) is 14.1. The van der Waals surface area contributed by atoms with E-state index in [1.807, 2.05) is 23.1 Å². The molecule has 4 heteroatoms. The van der Waals surface area contributed by atoms with Crippen LogP contribution in [0.25, 0.3) is 0 Å². The number of fused-ring (bicyclic) bond motifs is 1. The molecule has 2 aliphatic heterocycles. The average molecular weight is 286 g/mol. The molecule has 2 amide bonds.